The van der Waals surface area contributed by atoms with Crippen molar-refractivity contribution >= 4 is 5.91 Å². The molecule has 0 spiro atoms. The van der Waals surface area contributed by atoms with Crippen LogP contribution in [0.2, 0.25) is 0 Å². The molecule has 1 amide bonds. The SMILES string of the molecule is NNC(=O)c1ccccc1C1CNC2CCCCC2C1. The van der Waals surface area contributed by atoms with Crippen LogP contribution < -0.4 is 16.6 Å². The summed E-state index contributed by atoms with van der Waals surface area (Å²) in [6.07, 6.45) is 6.51. The van der Waals surface area contributed by atoms with E-state index in [-0.39, 0.29) is 5.91 Å². The molecule has 1 aliphatic carbocycles. The number of hydrazine groups is 1. The predicted molar refractivity (Wildman–Crippen MR) is 79.2 cm³/mol. The number of piperidine rings is 1. The molecule has 4 heteroatoms. The topological polar surface area (TPSA) is 67.1 Å². The van der Waals surface area contributed by atoms with Gasteiger partial charge in [-0.05, 0) is 42.7 Å². The summed E-state index contributed by atoms with van der Waals surface area (Å²) in [6.45, 7) is 0.968. The Hall–Kier alpha value is -1.39. The average Bonchev–Trinajstić information content (AvgIpc) is 2.53. The van der Waals surface area contributed by atoms with Gasteiger partial charge in [0.2, 0.25) is 0 Å². The van der Waals surface area contributed by atoms with Gasteiger partial charge in [0.25, 0.3) is 5.91 Å². The Labute approximate surface area is 120 Å². The summed E-state index contributed by atoms with van der Waals surface area (Å²) < 4.78 is 0. The Balaban J connectivity index is 1.81. The van der Waals surface area contributed by atoms with Crippen molar-refractivity contribution in [2.24, 2.45) is 11.8 Å². The van der Waals surface area contributed by atoms with Crippen molar-refractivity contribution in [1.82, 2.24) is 10.7 Å². The Kier molecular flexibility index (Phi) is 4.03. The van der Waals surface area contributed by atoms with Gasteiger partial charge >= 0.3 is 0 Å². The van der Waals surface area contributed by atoms with Crippen LogP contribution in [0.4, 0.5) is 0 Å². The van der Waals surface area contributed by atoms with Crippen LogP contribution in [0.3, 0.4) is 0 Å². The molecule has 4 nitrogen and oxygen atoms in total. The second kappa shape index (κ2) is 5.94. The highest BCUT2D eigenvalue weighted by Crippen LogP contribution is 2.37. The van der Waals surface area contributed by atoms with Crippen LogP contribution in [0.15, 0.2) is 24.3 Å². The third-order valence-electron chi connectivity index (χ3n) is 4.90. The van der Waals surface area contributed by atoms with Crippen molar-refractivity contribution in [2.75, 3.05) is 6.54 Å². The van der Waals surface area contributed by atoms with E-state index in [0.717, 1.165) is 23.6 Å². The average molecular weight is 273 g/mol. The standard InChI is InChI=1S/C16H23N3O/c17-19-16(20)14-7-3-2-6-13(14)12-9-11-5-1-4-8-15(11)18-10-12/h2-3,6-7,11-12,15,18H,1,4-5,8-10,17H2,(H,19,20). The van der Waals surface area contributed by atoms with Crippen molar-refractivity contribution in [2.45, 2.75) is 44.1 Å². The van der Waals surface area contributed by atoms with Gasteiger partial charge < -0.3 is 5.32 Å². The molecule has 2 aliphatic rings. The van der Waals surface area contributed by atoms with Crippen LogP contribution in [-0.4, -0.2) is 18.5 Å². The van der Waals surface area contributed by atoms with E-state index in [1.165, 1.54) is 32.1 Å². The Bertz CT molecular complexity index is 488. The summed E-state index contributed by atoms with van der Waals surface area (Å²) in [5.41, 5.74) is 4.11. The van der Waals surface area contributed by atoms with Crippen LogP contribution in [0, 0.1) is 5.92 Å². The van der Waals surface area contributed by atoms with E-state index in [0.29, 0.717) is 12.0 Å². The molecule has 1 aromatic carbocycles. The van der Waals surface area contributed by atoms with E-state index in [4.69, 9.17) is 5.84 Å². The van der Waals surface area contributed by atoms with Crippen LogP contribution >= 0.6 is 0 Å². The first-order valence-corrected chi connectivity index (χ1v) is 7.63. The number of benzene rings is 1. The minimum Gasteiger partial charge on any atom is -0.313 e. The van der Waals surface area contributed by atoms with E-state index < -0.39 is 0 Å². The van der Waals surface area contributed by atoms with Crippen molar-refractivity contribution in [3.05, 3.63) is 35.4 Å². The maximum Gasteiger partial charge on any atom is 0.265 e. The van der Waals surface area contributed by atoms with E-state index in [9.17, 15) is 4.79 Å². The van der Waals surface area contributed by atoms with Crippen LogP contribution in [-0.2, 0) is 0 Å². The van der Waals surface area contributed by atoms with Crippen LogP contribution in [0.1, 0.15) is 53.9 Å². The molecule has 3 rings (SSSR count). The van der Waals surface area contributed by atoms with Gasteiger partial charge in [0.05, 0.1) is 0 Å². The van der Waals surface area contributed by atoms with Gasteiger partial charge in [0.1, 0.15) is 0 Å². The van der Waals surface area contributed by atoms with Crippen LogP contribution in [0.25, 0.3) is 0 Å². The zero-order valence-electron chi connectivity index (χ0n) is 11.8. The largest absolute Gasteiger partial charge is 0.313 e. The zero-order chi connectivity index (χ0) is 13.9. The summed E-state index contributed by atoms with van der Waals surface area (Å²) >= 11 is 0. The molecule has 0 aromatic heterocycles. The van der Waals surface area contributed by atoms with E-state index in [2.05, 4.69) is 16.8 Å². The quantitative estimate of drug-likeness (QED) is 0.438. The van der Waals surface area contributed by atoms with Gasteiger partial charge in [0, 0.05) is 18.2 Å². The van der Waals surface area contributed by atoms with Gasteiger partial charge in [-0.3, -0.25) is 10.2 Å². The van der Waals surface area contributed by atoms with Crippen molar-refractivity contribution in [3.63, 3.8) is 0 Å². The first kappa shape index (κ1) is 13.6. The van der Waals surface area contributed by atoms with Crippen LogP contribution in [0.5, 0.6) is 0 Å². The number of amides is 1. The third-order valence-corrected chi connectivity index (χ3v) is 4.90. The molecule has 3 atom stereocenters. The first-order valence-electron chi connectivity index (χ1n) is 7.63. The number of rotatable bonds is 2. The fourth-order valence-electron chi connectivity index (χ4n) is 3.88. The van der Waals surface area contributed by atoms with Gasteiger partial charge in [-0.1, -0.05) is 31.0 Å². The molecule has 1 saturated carbocycles. The normalized spacial score (nSPS) is 29.6. The lowest BCUT2D eigenvalue weighted by atomic mass is 9.74. The molecule has 4 N–H and O–H groups in total. The monoisotopic (exact) mass is 273 g/mol. The second-order valence-electron chi connectivity index (χ2n) is 6.05. The van der Waals surface area contributed by atoms with E-state index >= 15 is 0 Å². The molecule has 0 radical (unpaired) electrons. The van der Waals surface area contributed by atoms with E-state index in [1.54, 1.807) is 0 Å². The molecule has 0 bridgehead atoms. The fourth-order valence-corrected chi connectivity index (χ4v) is 3.88. The zero-order valence-corrected chi connectivity index (χ0v) is 11.8. The fraction of sp³-hybridized carbons (Fsp3) is 0.562. The highest BCUT2D eigenvalue weighted by Gasteiger charge is 2.33. The number of hydrogen-bond acceptors (Lipinski definition) is 3. The molecule has 1 saturated heterocycles. The highest BCUT2D eigenvalue weighted by molar-refractivity contribution is 5.95. The van der Waals surface area contributed by atoms with Gasteiger partial charge in [-0.15, -0.1) is 0 Å². The summed E-state index contributed by atoms with van der Waals surface area (Å²) in [4.78, 5) is 11.9. The number of carbonyl (C=O) groups excluding carboxylic acids is 1. The number of nitrogens with two attached hydrogens (primary N) is 1. The number of fused-ring (bicyclic) bond motifs is 1. The lowest BCUT2D eigenvalue weighted by Crippen LogP contribution is -2.46. The molecular formula is C16H23N3O. The van der Waals surface area contributed by atoms with Gasteiger partial charge in [0.15, 0.2) is 0 Å². The Morgan fingerprint density at radius 1 is 1.25 bits per heavy atom. The van der Waals surface area contributed by atoms with Crippen molar-refractivity contribution in [1.29, 1.82) is 0 Å². The molecule has 20 heavy (non-hydrogen) atoms. The predicted octanol–water partition coefficient (Wildman–Crippen LogP) is 1.93. The van der Waals surface area contributed by atoms with Gasteiger partial charge in [-0.2, -0.15) is 0 Å². The summed E-state index contributed by atoms with van der Waals surface area (Å²) in [6, 6.07) is 8.53. The minimum absolute atomic E-state index is 0.189. The second-order valence-corrected chi connectivity index (χ2v) is 6.05. The molecule has 3 unspecified atom stereocenters. The Morgan fingerprint density at radius 3 is 2.90 bits per heavy atom. The summed E-state index contributed by atoms with van der Waals surface area (Å²) in [5, 5.41) is 3.69. The lowest BCUT2D eigenvalue weighted by Gasteiger charge is -2.40. The molecule has 108 valence electrons. The van der Waals surface area contributed by atoms with Gasteiger partial charge in [-0.25, -0.2) is 5.84 Å². The molecule has 2 fully saturated rings. The van der Waals surface area contributed by atoms with Crippen molar-refractivity contribution in [3.8, 4) is 0 Å². The minimum atomic E-state index is -0.189. The number of nitrogen functional groups attached to an aromatic ring is 1. The first-order chi connectivity index (χ1) is 9.79. The number of carbonyl (C=O) groups is 1. The summed E-state index contributed by atoms with van der Waals surface area (Å²) in [7, 11) is 0. The number of hydrogen-bond donors (Lipinski definition) is 3. The van der Waals surface area contributed by atoms with Crippen molar-refractivity contribution < 1.29 is 4.79 Å². The smallest absolute Gasteiger partial charge is 0.265 e. The molecule has 1 heterocycles. The maximum atomic E-state index is 11.9. The molecule has 1 aliphatic heterocycles. The van der Waals surface area contributed by atoms with E-state index in [1.807, 2.05) is 18.2 Å². The third kappa shape index (κ3) is 2.58. The molecular weight excluding hydrogens is 250 g/mol. The maximum absolute atomic E-state index is 11.9. The lowest BCUT2D eigenvalue weighted by molar-refractivity contribution is 0.0951. The number of nitrogens with one attached hydrogen (secondary N) is 2. The highest BCUT2D eigenvalue weighted by atomic mass is 16.2. The Morgan fingerprint density at radius 2 is 2.05 bits per heavy atom. The molecule has 1 aromatic rings. The summed E-state index contributed by atoms with van der Waals surface area (Å²) in [5.74, 6) is 6.28.